The number of aliphatic carboxylic acids is 2. The second kappa shape index (κ2) is 11.5. The second-order valence-electron chi connectivity index (χ2n) is 8.53. The van der Waals surface area contributed by atoms with Gasteiger partial charge in [0, 0.05) is 65.7 Å². The molecule has 0 aromatic carbocycles. The normalized spacial score (nSPS) is 18.5. The molecule has 3 aromatic heterocycles. The van der Waals surface area contributed by atoms with Gasteiger partial charge in [0.25, 0.3) is 0 Å². The van der Waals surface area contributed by atoms with Gasteiger partial charge in [-0.25, -0.2) is 14.6 Å². The first-order valence-corrected chi connectivity index (χ1v) is 11.8. The lowest BCUT2D eigenvalue weighted by Gasteiger charge is -2.16. The van der Waals surface area contributed by atoms with Crippen LogP contribution in [0.3, 0.4) is 0 Å². The monoisotopic (exact) mass is 564 g/mol. The predicted molar refractivity (Wildman–Crippen MR) is 123 cm³/mol. The summed E-state index contributed by atoms with van der Waals surface area (Å²) in [7, 11) is 0. The number of imidazole rings is 1. The first kappa shape index (κ1) is 29.1. The van der Waals surface area contributed by atoms with E-state index in [0.717, 1.165) is 19.6 Å². The summed E-state index contributed by atoms with van der Waals surface area (Å²) in [6.07, 6.45) is -4.39. The van der Waals surface area contributed by atoms with E-state index in [1.54, 1.807) is 0 Å². The van der Waals surface area contributed by atoms with Crippen LogP contribution in [0.1, 0.15) is 21.5 Å². The van der Waals surface area contributed by atoms with Gasteiger partial charge in [-0.1, -0.05) is 0 Å². The van der Waals surface area contributed by atoms with E-state index in [-0.39, 0.29) is 0 Å². The Morgan fingerprint density at radius 2 is 1.63 bits per heavy atom. The van der Waals surface area contributed by atoms with Gasteiger partial charge in [-0.3, -0.25) is 9.88 Å². The van der Waals surface area contributed by atoms with E-state index < -0.39 is 24.3 Å². The number of aromatic nitrogens is 3. The van der Waals surface area contributed by atoms with Gasteiger partial charge >= 0.3 is 24.3 Å². The first-order chi connectivity index (χ1) is 17.7. The molecule has 2 unspecified atom stereocenters. The van der Waals surface area contributed by atoms with Crippen LogP contribution in [0.2, 0.25) is 0 Å². The second-order valence-corrected chi connectivity index (χ2v) is 9.91. The quantitative estimate of drug-likeness (QED) is 0.440. The van der Waals surface area contributed by atoms with Crippen molar-refractivity contribution in [1.29, 1.82) is 0 Å². The van der Waals surface area contributed by atoms with Crippen LogP contribution in [-0.2, 0) is 22.7 Å². The van der Waals surface area contributed by atoms with Crippen LogP contribution in [0.25, 0.3) is 11.3 Å². The minimum absolute atomic E-state index is 0.580. The molecule has 2 aliphatic heterocycles. The molecule has 0 radical (unpaired) electrons. The molecule has 206 valence electrons. The zero-order valence-corrected chi connectivity index (χ0v) is 20.5. The lowest BCUT2D eigenvalue weighted by molar-refractivity contribution is -0.193. The maximum atomic E-state index is 10.6. The number of fused-ring (bicyclic) bond motifs is 3. The lowest BCUT2D eigenvalue weighted by Crippen LogP contribution is -2.21. The molecule has 8 nitrogen and oxygen atoms in total. The molecule has 3 aromatic rings. The summed E-state index contributed by atoms with van der Waals surface area (Å²) in [4.78, 5) is 32.3. The van der Waals surface area contributed by atoms with Crippen LogP contribution in [0.5, 0.6) is 0 Å². The Labute approximate surface area is 216 Å². The Hall–Kier alpha value is -3.46. The van der Waals surface area contributed by atoms with E-state index in [2.05, 4.69) is 39.6 Å². The molecule has 1 fully saturated rings. The number of thiophene rings is 1. The molecule has 2 aliphatic rings. The van der Waals surface area contributed by atoms with Crippen molar-refractivity contribution in [1.82, 2.24) is 19.4 Å². The molecule has 0 aliphatic carbocycles. The van der Waals surface area contributed by atoms with Gasteiger partial charge in [-0.05, 0) is 31.2 Å². The topological polar surface area (TPSA) is 109 Å². The number of nitrogens with zero attached hydrogens (tertiary/aromatic N) is 4. The summed E-state index contributed by atoms with van der Waals surface area (Å²) < 4.78 is 65.9. The van der Waals surface area contributed by atoms with E-state index in [0.29, 0.717) is 11.8 Å². The fourth-order valence-corrected chi connectivity index (χ4v) is 5.15. The van der Waals surface area contributed by atoms with Gasteiger partial charge in [0.1, 0.15) is 5.82 Å². The lowest BCUT2D eigenvalue weighted by atomic mass is 9.99. The molecule has 0 amide bonds. The van der Waals surface area contributed by atoms with Crippen molar-refractivity contribution in [3.63, 3.8) is 0 Å². The standard InChI is InChI=1S/C19H20N4S.2C2HF3O2/c1-13-4-5-16(24-13)11-22-9-15-10-23-18(14-3-2-6-20-7-14)8-21-19(23)17(15)12-22;2*3-2(4,5)1(6)7/h2-8,15,17H,9-12H2,1H3;2*(H,6,7). The zero-order valence-electron chi connectivity index (χ0n) is 19.7. The van der Waals surface area contributed by atoms with Crippen molar-refractivity contribution in [2.24, 2.45) is 5.92 Å². The van der Waals surface area contributed by atoms with Crippen LogP contribution >= 0.6 is 11.3 Å². The van der Waals surface area contributed by atoms with Crippen molar-refractivity contribution < 1.29 is 46.1 Å². The summed E-state index contributed by atoms with van der Waals surface area (Å²) >= 11 is 1.92. The highest BCUT2D eigenvalue weighted by atomic mass is 32.1. The van der Waals surface area contributed by atoms with E-state index in [9.17, 15) is 26.3 Å². The summed E-state index contributed by atoms with van der Waals surface area (Å²) in [6.45, 7) is 6.66. The van der Waals surface area contributed by atoms with E-state index in [1.807, 2.05) is 36.0 Å². The minimum atomic E-state index is -5.08. The number of carboxylic acid groups (broad SMARTS) is 2. The Kier molecular flexibility index (Phi) is 8.82. The van der Waals surface area contributed by atoms with Crippen LogP contribution in [-0.4, -0.2) is 67.0 Å². The largest absolute Gasteiger partial charge is 0.490 e. The molecular weight excluding hydrogens is 542 g/mol. The molecule has 5 heterocycles. The number of carbonyl (C=O) groups is 2. The third-order valence-electron chi connectivity index (χ3n) is 5.77. The number of alkyl halides is 6. The molecule has 38 heavy (non-hydrogen) atoms. The molecule has 2 N–H and O–H groups in total. The molecule has 15 heteroatoms. The highest BCUT2D eigenvalue weighted by Gasteiger charge is 2.42. The Bertz CT molecular complexity index is 1230. The SMILES string of the molecule is Cc1ccc(CN2CC3Cn4c(-c5cccnc5)cnc4C3C2)s1.O=C(O)C(F)(F)F.O=C(O)C(F)(F)F. The molecule has 0 spiro atoms. The number of carboxylic acids is 2. The number of hydrogen-bond acceptors (Lipinski definition) is 6. The van der Waals surface area contributed by atoms with E-state index in [4.69, 9.17) is 24.8 Å². The average molecular weight is 565 g/mol. The molecular formula is C23H22F6N4O4S. The van der Waals surface area contributed by atoms with Crippen molar-refractivity contribution in [2.45, 2.75) is 38.3 Å². The van der Waals surface area contributed by atoms with Crippen LogP contribution in [0.4, 0.5) is 26.3 Å². The van der Waals surface area contributed by atoms with Crippen LogP contribution in [0.15, 0.2) is 42.9 Å². The average Bonchev–Trinajstić information content (AvgIpc) is 3.57. The van der Waals surface area contributed by atoms with Crippen LogP contribution in [0, 0.1) is 12.8 Å². The van der Waals surface area contributed by atoms with Crippen molar-refractivity contribution >= 4 is 23.3 Å². The van der Waals surface area contributed by atoms with Gasteiger partial charge in [0.2, 0.25) is 0 Å². The summed E-state index contributed by atoms with van der Waals surface area (Å²) in [5, 5.41) is 14.2. The molecule has 1 saturated heterocycles. The number of likely N-dealkylation sites (tertiary alicyclic amines) is 1. The number of aryl methyl sites for hydroxylation is 1. The van der Waals surface area contributed by atoms with Crippen molar-refractivity contribution in [2.75, 3.05) is 13.1 Å². The van der Waals surface area contributed by atoms with Gasteiger partial charge in [0.05, 0.1) is 11.9 Å². The van der Waals surface area contributed by atoms with Crippen molar-refractivity contribution in [3.8, 4) is 11.3 Å². The Morgan fingerprint density at radius 1 is 1.00 bits per heavy atom. The van der Waals surface area contributed by atoms with Gasteiger partial charge < -0.3 is 14.8 Å². The number of hydrogen-bond donors (Lipinski definition) is 2. The number of rotatable bonds is 3. The summed E-state index contributed by atoms with van der Waals surface area (Å²) in [5.74, 6) is -2.97. The Balaban J connectivity index is 0.000000239. The highest BCUT2D eigenvalue weighted by Crippen LogP contribution is 2.41. The Morgan fingerprint density at radius 3 is 2.13 bits per heavy atom. The highest BCUT2D eigenvalue weighted by molar-refractivity contribution is 7.11. The predicted octanol–water partition coefficient (Wildman–Crippen LogP) is 4.81. The maximum absolute atomic E-state index is 10.6. The number of halogens is 6. The van der Waals surface area contributed by atoms with E-state index >= 15 is 0 Å². The van der Waals surface area contributed by atoms with Crippen molar-refractivity contribution in [3.05, 3.63) is 58.4 Å². The molecule has 5 rings (SSSR count). The molecule has 2 atom stereocenters. The zero-order chi connectivity index (χ0) is 28.3. The smallest absolute Gasteiger partial charge is 0.475 e. The van der Waals surface area contributed by atoms with Gasteiger partial charge in [0.15, 0.2) is 0 Å². The fourth-order valence-electron chi connectivity index (χ4n) is 4.21. The third-order valence-corrected chi connectivity index (χ3v) is 6.76. The molecule has 0 bridgehead atoms. The minimum Gasteiger partial charge on any atom is -0.475 e. The van der Waals surface area contributed by atoms with Gasteiger partial charge in [-0.15, -0.1) is 11.3 Å². The summed E-state index contributed by atoms with van der Waals surface area (Å²) in [5.41, 5.74) is 2.38. The summed E-state index contributed by atoms with van der Waals surface area (Å²) in [6, 6.07) is 8.62. The maximum Gasteiger partial charge on any atom is 0.490 e. The fraction of sp³-hybridized carbons (Fsp3) is 0.391. The third kappa shape index (κ3) is 7.31. The molecule has 0 saturated carbocycles. The first-order valence-electron chi connectivity index (χ1n) is 11.0. The number of pyridine rings is 1. The van der Waals surface area contributed by atoms with E-state index in [1.165, 1.54) is 33.4 Å². The van der Waals surface area contributed by atoms with Gasteiger partial charge in [-0.2, -0.15) is 26.3 Å². The van der Waals surface area contributed by atoms with Crippen LogP contribution < -0.4 is 0 Å².